The molecule has 0 amide bonds. The molecule has 618 valence electrons. The van der Waals surface area contributed by atoms with E-state index in [9.17, 15) is 0 Å². The third kappa shape index (κ3) is 13.8. The average molecular weight is 1670 g/mol. The Morgan fingerprint density at radius 3 is 1.23 bits per heavy atom. The molecule has 0 aliphatic heterocycles. The molecule has 12 aromatic carbocycles. The van der Waals surface area contributed by atoms with Crippen molar-refractivity contribution in [2.75, 3.05) is 0 Å². The van der Waals surface area contributed by atoms with Crippen LogP contribution in [0.25, 0.3) is 220 Å². The molecular formula is C115H93N8O5+5. The smallest absolute Gasteiger partial charge is 0.256 e. The summed E-state index contributed by atoms with van der Waals surface area (Å²) in [6.07, 6.45) is 14.3. The first-order valence-corrected chi connectivity index (χ1v) is 43.4. The molecule has 13 heteroatoms. The van der Waals surface area contributed by atoms with E-state index < -0.39 is 0 Å². The lowest BCUT2D eigenvalue weighted by Crippen LogP contribution is -2.31. The maximum atomic E-state index is 6.47. The number of aryl methyl sites for hydroxylation is 13. The van der Waals surface area contributed by atoms with Crippen molar-refractivity contribution in [2.45, 2.75) is 55.4 Å². The molecule has 13 nitrogen and oxygen atoms in total. The van der Waals surface area contributed by atoms with E-state index in [1.165, 1.54) is 115 Å². The summed E-state index contributed by atoms with van der Waals surface area (Å²) < 4.78 is 42.5. The van der Waals surface area contributed by atoms with Crippen LogP contribution in [0.4, 0.5) is 0 Å². The molecule has 0 spiro atoms. The van der Waals surface area contributed by atoms with Gasteiger partial charge < -0.3 is 22.1 Å². The Balaban J connectivity index is 0.0000000973. The van der Waals surface area contributed by atoms with Crippen LogP contribution in [0.2, 0.25) is 0 Å². The van der Waals surface area contributed by atoms with E-state index in [1.54, 1.807) is 0 Å². The molecule has 0 aliphatic rings. The second-order valence-corrected chi connectivity index (χ2v) is 34.1. The highest BCUT2D eigenvalue weighted by molar-refractivity contribution is 6.22. The quantitative estimate of drug-likeness (QED) is 0.156. The third-order valence-electron chi connectivity index (χ3n) is 25.5. The van der Waals surface area contributed by atoms with Crippen LogP contribution in [0.15, 0.2) is 351 Å². The monoisotopic (exact) mass is 1670 g/mol. The van der Waals surface area contributed by atoms with Crippen molar-refractivity contribution in [1.29, 1.82) is 0 Å². The number of rotatable bonds is 5. The van der Waals surface area contributed by atoms with E-state index >= 15 is 0 Å². The summed E-state index contributed by atoms with van der Waals surface area (Å²) in [5.41, 5.74) is 33.3. The van der Waals surface area contributed by atoms with Gasteiger partial charge in [0.25, 0.3) is 28.5 Å². The summed E-state index contributed by atoms with van der Waals surface area (Å²) in [5.74, 6) is 0. The van der Waals surface area contributed by atoms with Crippen molar-refractivity contribution in [2.24, 2.45) is 35.2 Å². The highest BCUT2D eigenvalue weighted by atomic mass is 16.3. The van der Waals surface area contributed by atoms with E-state index in [0.29, 0.717) is 5.71 Å². The van der Waals surface area contributed by atoms with Crippen LogP contribution in [0.5, 0.6) is 0 Å². The normalized spacial score (nSPS) is 11.6. The van der Waals surface area contributed by atoms with E-state index in [-0.39, 0.29) is 0 Å². The van der Waals surface area contributed by atoms with Crippen LogP contribution in [0.1, 0.15) is 44.5 Å². The van der Waals surface area contributed by atoms with E-state index in [4.69, 9.17) is 32.1 Å². The fourth-order valence-electron chi connectivity index (χ4n) is 19.1. The average Bonchev–Trinajstić information content (AvgIpc) is 1.65. The number of aromatic nitrogens is 8. The first kappa shape index (κ1) is 79.3. The van der Waals surface area contributed by atoms with Crippen molar-refractivity contribution in [3.05, 3.63) is 373 Å². The summed E-state index contributed by atoms with van der Waals surface area (Å²) >= 11 is 0. The topological polar surface area (TPSA) is 124 Å². The number of nitrogens with zero attached hydrogens (tertiary/aromatic N) is 8. The zero-order chi connectivity index (χ0) is 87.4. The highest BCUT2D eigenvalue weighted by Gasteiger charge is 2.30. The zero-order valence-electron chi connectivity index (χ0n) is 73.8. The maximum Gasteiger partial charge on any atom is 0.256 e. The summed E-state index contributed by atoms with van der Waals surface area (Å²) in [4.78, 5) is 13.8. The van der Waals surface area contributed by atoms with Crippen LogP contribution in [-0.4, -0.2) is 15.0 Å². The van der Waals surface area contributed by atoms with Crippen LogP contribution < -0.4 is 22.8 Å². The predicted molar refractivity (Wildman–Crippen MR) is 520 cm³/mol. The van der Waals surface area contributed by atoms with Gasteiger partial charge in [-0.25, -0.2) is 9.97 Å². The fourth-order valence-corrected chi connectivity index (χ4v) is 19.1. The number of para-hydroxylation sites is 2. The largest absolute Gasteiger partial charge is 0.449 e. The van der Waals surface area contributed by atoms with Crippen molar-refractivity contribution in [3.8, 4) is 56.3 Å². The predicted octanol–water partition coefficient (Wildman–Crippen LogP) is 26.8. The van der Waals surface area contributed by atoms with Gasteiger partial charge in [-0.05, 0) is 195 Å². The van der Waals surface area contributed by atoms with Gasteiger partial charge in [-0.15, -0.1) is 0 Å². The molecule has 25 rings (SSSR count). The van der Waals surface area contributed by atoms with Crippen molar-refractivity contribution in [1.82, 2.24) is 15.0 Å². The van der Waals surface area contributed by atoms with Gasteiger partial charge in [0.1, 0.15) is 57.5 Å². The van der Waals surface area contributed by atoms with Crippen LogP contribution in [-0.2, 0) is 35.2 Å². The van der Waals surface area contributed by atoms with Gasteiger partial charge in [0.2, 0.25) is 33.6 Å². The Morgan fingerprint density at radius 1 is 0.242 bits per heavy atom. The summed E-state index contributed by atoms with van der Waals surface area (Å²) in [6, 6.07) is 99.3. The molecule has 0 fully saturated rings. The molecule has 128 heavy (non-hydrogen) atoms. The van der Waals surface area contributed by atoms with Gasteiger partial charge >= 0.3 is 0 Å². The lowest BCUT2D eigenvalue weighted by Gasteiger charge is -2.07. The number of hydrogen-bond acceptors (Lipinski definition) is 8. The zero-order valence-corrected chi connectivity index (χ0v) is 73.8. The molecule has 0 atom stereocenters. The molecule has 0 saturated carbocycles. The molecule has 25 aromatic rings. The van der Waals surface area contributed by atoms with Crippen molar-refractivity contribution in [3.63, 3.8) is 0 Å². The first-order valence-electron chi connectivity index (χ1n) is 43.4. The number of furan rings is 5. The summed E-state index contributed by atoms with van der Waals surface area (Å²) in [6.45, 7) is 17.2. The van der Waals surface area contributed by atoms with Crippen LogP contribution in [0, 0.1) is 55.4 Å². The standard InChI is InChI=1S/C25H22NO.C23H19N2O.C23H18NO.2C22H17N2O/c1-15-9-11-19(16(2)13-15)24-25-22(17(3)14-26(24)4)23-20-8-6-5-7-18(20)10-12-21(23)27-25;1-14-8-9-17(15(2)12-14)22-23-18(10-11-25(22)3)21-20(26-23)13-16-6-4-5-7-19(16)24-21;1-15-7-3-5-9-17(15)22-23-19(13-14-24(22)2)21-18-10-6-4-8-16(18)11-12-20(21)25-23;1-14-7-3-5-9-16(14)20-21-17(11-12-24(20)2)18-13-15-8-4-6-10-19(15)23-22(18)25-21;1-14-5-3-4-6-17(14)21-22-18(8-10-24(21)2)19-11-16-13-23-9-7-15(16)12-20(19)25-22/h5-14H,1-4H3;4-13H,1-3H3;3-14H,1-2H3;2*3-13H,1-2H3/q5*+1. The minimum atomic E-state index is 0.690. The molecule has 0 saturated heterocycles. The second-order valence-electron chi connectivity index (χ2n) is 34.1. The second kappa shape index (κ2) is 32.0. The van der Waals surface area contributed by atoms with Crippen LogP contribution >= 0.6 is 0 Å². The molecule has 0 aliphatic carbocycles. The fraction of sp³-hybridized carbons (Fsp3) is 0.113. The molecule has 0 bridgehead atoms. The highest BCUT2D eigenvalue weighted by Crippen LogP contribution is 2.45. The molecule has 0 unspecified atom stereocenters. The lowest BCUT2D eigenvalue weighted by molar-refractivity contribution is -0.659. The van der Waals surface area contributed by atoms with Gasteiger partial charge in [0.05, 0.1) is 44.2 Å². The van der Waals surface area contributed by atoms with Crippen molar-refractivity contribution < 1.29 is 44.9 Å². The van der Waals surface area contributed by atoms with Gasteiger partial charge in [0, 0.05) is 101 Å². The molecule has 0 N–H and O–H groups in total. The van der Waals surface area contributed by atoms with Crippen molar-refractivity contribution >= 4 is 164 Å². The Labute approximate surface area is 739 Å². The van der Waals surface area contributed by atoms with E-state index in [2.05, 4.69) is 392 Å². The number of fused-ring (bicyclic) bond motifs is 22. The molecule has 0 radical (unpaired) electrons. The number of benzene rings is 12. The molecular weight excluding hydrogens is 1570 g/mol. The molecule has 13 aromatic heterocycles. The summed E-state index contributed by atoms with van der Waals surface area (Å²) in [5, 5.41) is 19.7. The minimum absolute atomic E-state index is 0.690. The number of pyridine rings is 8. The third-order valence-corrected chi connectivity index (χ3v) is 25.5. The Morgan fingerprint density at radius 2 is 0.656 bits per heavy atom. The SMILES string of the molecule is Cc1ccc(-c2c3oc4cc5ccccc5nc4c3cc[n+]2C)c(C)c1.Cc1ccc(-c2c3oc4ccc5ccccc5c4c3c(C)c[n+]2C)c(C)c1.Cc1ccccc1-c1c2oc3cc4ccncc4cc3c2cc[n+]1C.Cc1ccccc1-c1c2oc3ccc4ccccc4c3c2cc[n+]1C.Cc1ccccc1-c1c2oc3nc4ccccc4cc3c2cc[n+]1C. The Kier molecular flexibility index (Phi) is 19.9. The van der Waals surface area contributed by atoms with E-state index in [1.807, 2.05) is 54.9 Å². The van der Waals surface area contributed by atoms with Gasteiger partial charge in [-0.3, -0.25) is 4.98 Å². The maximum absolute atomic E-state index is 6.47. The van der Waals surface area contributed by atoms with E-state index in [0.717, 1.165) is 144 Å². The Bertz CT molecular complexity index is 8640. The summed E-state index contributed by atoms with van der Waals surface area (Å²) in [7, 11) is 10.4. The molecule has 13 heterocycles. The first-order chi connectivity index (χ1) is 62.3. The number of hydrogen-bond donors (Lipinski definition) is 0. The van der Waals surface area contributed by atoms with Crippen LogP contribution in [0.3, 0.4) is 0 Å². The van der Waals surface area contributed by atoms with Gasteiger partial charge in [0.15, 0.2) is 36.6 Å². The lowest BCUT2D eigenvalue weighted by atomic mass is 9.98. The Hall–Kier alpha value is -15.9. The minimum Gasteiger partial charge on any atom is -0.449 e. The van der Waals surface area contributed by atoms with Gasteiger partial charge in [-0.1, -0.05) is 187 Å². The van der Waals surface area contributed by atoms with Gasteiger partial charge in [-0.2, -0.15) is 22.8 Å².